The van der Waals surface area contributed by atoms with Gasteiger partial charge < -0.3 is 20.7 Å². The van der Waals surface area contributed by atoms with Gasteiger partial charge in [-0.1, -0.05) is 6.92 Å². The van der Waals surface area contributed by atoms with Crippen LogP contribution in [0, 0.1) is 5.92 Å². The second-order valence-corrected chi connectivity index (χ2v) is 5.97. The zero-order chi connectivity index (χ0) is 14.7. The van der Waals surface area contributed by atoms with Crippen LogP contribution in [0.15, 0.2) is 0 Å². The van der Waals surface area contributed by atoms with E-state index in [4.69, 9.17) is 10.5 Å². The molecule has 2 heterocycles. The third-order valence-electron chi connectivity index (χ3n) is 4.54. The van der Waals surface area contributed by atoms with Gasteiger partial charge in [-0.05, 0) is 38.5 Å². The number of nitrogens with two attached hydrogens (primary N) is 1. The maximum absolute atomic E-state index is 12.2. The summed E-state index contributed by atoms with van der Waals surface area (Å²) >= 11 is 0. The molecule has 2 rings (SSSR count). The summed E-state index contributed by atoms with van der Waals surface area (Å²) < 4.78 is 5.50. The number of carbonyl (C=O) groups is 2. The molecular formula is C14H25N3O3. The largest absolute Gasteiger partial charge is 0.367 e. The van der Waals surface area contributed by atoms with E-state index in [0.717, 1.165) is 19.4 Å². The SMILES string of the molecule is C[C@@H]1CCCN(C(=O)NC[C@@H]2CC[C@@H](C(N)=O)O2)[C@@H]1C. The van der Waals surface area contributed by atoms with Crippen molar-refractivity contribution in [3.8, 4) is 0 Å². The summed E-state index contributed by atoms with van der Waals surface area (Å²) in [5.74, 6) is 0.119. The van der Waals surface area contributed by atoms with Crippen molar-refractivity contribution >= 4 is 11.9 Å². The van der Waals surface area contributed by atoms with Crippen molar-refractivity contribution < 1.29 is 14.3 Å². The molecule has 0 aliphatic carbocycles. The van der Waals surface area contributed by atoms with Crippen LogP contribution >= 0.6 is 0 Å². The minimum atomic E-state index is -0.495. The molecule has 0 aromatic heterocycles. The number of piperidine rings is 1. The summed E-state index contributed by atoms with van der Waals surface area (Å²) in [6.07, 6.45) is 3.05. The van der Waals surface area contributed by atoms with Crippen LogP contribution in [0.2, 0.25) is 0 Å². The van der Waals surface area contributed by atoms with Crippen LogP contribution in [-0.2, 0) is 9.53 Å². The van der Waals surface area contributed by atoms with Gasteiger partial charge in [0.25, 0.3) is 0 Å². The molecule has 20 heavy (non-hydrogen) atoms. The van der Waals surface area contributed by atoms with Gasteiger partial charge in [-0.3, -0.25) is 4.79 Å². The van der Waals surface area contributed by atoms with Gasteiger partial charge in [0.1, 0.15) is 6.10 Å². The zero-order valence-corrected chi connectivity index (χ0v) is 12.3. The molecule has 0 saturated carbocycles. The minimum Gasteiger partial charge on any atom is -0.367 e. The highest BCUT2D eigenvalue weighted by Gasteiger charge is 2.31. The Hall–Kier alpha value is -1.30. The number of hydrogen-bond donors (Lipinski definition) is 2. The van der Waals surface area contributed by atoms with Crippen molar-refractivity contribution in [2.24, 2.45) is 11.7 Å². The van der Waals surface area contributed by atoms with Crippen LogP contribution in [0.5, 0.6) is 0 Å². The molecule has 0 aromatic carbocycles. The van der Waals surface area contributed by atoms with E-state index >= 15 is 0 Å². The molecule has 0 aromatic rings. The fraction of sp³-hybridized carbons (Fsp3) is 0.857. The lowest BCUT2D eigenvalue weighted by molar-refractivity contribution is -0.128. The standard InChI is InChI=1S/C14H25N3O3/c1-9-4-3-7-17(10(9)2)14(19)16-8-11-5-6-12(20-11)13(15)18/h9-12H,3-8H2,1-2H3,(H2,15,18)(H,16,19)/t9-,10-,11+,12+/m1/s1. The number of carbonyl (C=O) groups excluding carboxylic acids is 2. The van der Waals surface area contributed by atoms with Crippen LogP contribution in [-0.4, -0.2) is 48.2 Å². The molecule has 6 heteroatoms. The van der Waals surface area contributed by atoms with Gasteiger partial charge in [0.15, 0.2) is 0 Å². The number of rotatable bonds is 3. The van der Waals surface area contributed by atoms with Crippen molar-refractivity contribution in [3.63, 3.8) is 0 Å². The Morgan fingerprint density at radius 1 is 1.30 bits per heavy atom. The average Bonchev–Trinajstić information content (AvgIpc) is 2.88. The number of hydrogen-bond acceptors (Lipinski definition) is 3. The summed E-state index contributed by atoms with van der Waals surface area (Å²) in [5, 5.41) is 2.91. The summed E-state index contributed by atoms with van der Waals surface area (Å²) in [6.45, 7) is 5.53. The van der Waals surface area contributed by atoms with Crippen molar-refractivity contribution in [2.45, 2.75) is 57.8 Å². The Labute approximate surface area is 120 Å². The number of nitrogens with zero attached hydrogens (tertiary/aromatic N) is 1. The Bertz CT molecular complexity index is 375. The third-order valence-corrected chi connectivity index (χ3v) is 4.54. The maximum Gasteiger partial charge on any atom is 0.317 e. The molecule has 2 aliphatic heterocycles. The lowest BCUT2D eigenvalue weighted by Gasteiger charge is -2.38. The Balaban J connectivity index is 1.76. The van der Waals surface area contributed by atoms with E-state index in [2.05, 4.69) is 19.2 Å². The van der Waals surface area contributed by atoms with Gasteiger partial charge in [0, 0.05) is 19.1 Å². The molecule has 2 aliphatic rings. The first kappa shape index (κ1) is 15.1. The van der Waals surface area contributed by atoms with Gasteiger partial charge in [-0.15, -0.1) is 0 Å². The Morgan fingerprint density at radius 3 is 2.70 bits per heavy atom. The molecule has 0 radical (unpaired) electrons. The molecule has 3 amide bonds. The Morgan fingerprint density at radius 2 is 2.05 bits per heavy atom. The molecule has 0 unspecified atom stereocenters. The first-order valence-electron chi connectivity index (χ1n) is 7.48. The molecule has 6 nitrogen and oxygen atoms in total. The summed E-state index contributed by atoms with van der Waals surface area (Å²) in [7, 11) is 0. The van der Waals surface area contributed by atoms with E-state index in [0.29, 0.717) is 18.9 Å². The van der Waals surface area contributed by atoms with Gasteiger partial charge >= 0.3 is 6.03 Å². The summed E-state index contributed by atoms with van der Waals surface area (Å²) in [4.78, 5) is 25.1. The third kappa shape index (κ3) is 3.42. The van der Waals surface area contributed by atoms with Crippen LogP contribution in [0.1, 0.15) is 39.5 Å². The number of ether oxygens (including phenoxy) is 1. The van der Waals surface area contributed by atoms with Crippen LogP contribution < -0.4 is 11.1 Å². The molecule has 2 saturated heterocycles. The predicted molar refractivity (Wildman–Crippen MR) is 75.1 cm³/mol. The second-order valence-electron chi connectivity index (χ2n) is 5.97. The van der Waals surface area contributed by atoms with E-state index in [1.807, 2.05) is 4.90 Å². The Kier molecular flexibility index (Phi) is 4.86. The van der Waals surface area contributed by atoms with E-state index in [1.54, 1.807) is 0 Å². The fourth-order valence-electron chi connectivity index (χ4n) is 2.99. The maximum atomic E-state index is 12.2. The smallest absolute Gasteiger partial charge is 0.317 e. The van der Waals surface area contributed by atoms with Crippen LogP contribution in [0.4, 0.5) is 4.79 Å². The lowest BCUT2D eigenvalue weighted by Crippen LogP contribution is -2.51. The molecular weight excluding hydrogens is 258 g/mol. The van der Waals surface area contributed by atoms with Crippen molar-refractivity contribution in [1.82, 2.24) is 10.2 Å². The number of nitrogens with one attached hydrogen (secondary N) is 1. The monoisotopic (exact) mass is 283 g/mol. The number of amides is 3. The topological polar surface area (TPSA) is 84.7 Å². The van der Waals surface area contributed by atoms with E-state index in [1.165, 1.54) is 6.42 Å². The number of likely N-dealkylation sites (tertiary alicyclic amines) is 1. The van der Waals surface area contributed by atoms with Crippen molar-refractivity contribution in [2.75, 3.05) is 13.1 Å². The van der Waals surface area contributed by atoms with Crippen LogP contribution in [0.3, 0.4) is 0 Å². The summed E-state index contributed by atoms with van der Waals surface area (Å²) in [6, 6.07) is 0.238. The van der Waals surface area contributed by atoms with Crippen molar-refractivity contribution in [1.29, 1.82) is 0 Å². The predicted octanol–water partition coefficient (Wildman–Crippen LogP) is 0.849. The molecule has 4 atom stereocenters. The molecule has 3 N–H and O–H groups in total. The highest BCUT2D eigenvalue weighted by atomic mass is 16.5. The molecule has 0 spiro atoms. The average molecular weight is 283 g/mol. The van der Waals surface area contributed by atoms with Gasteiger partial charge in [0.2, 0.25) is 5.91 Å². The van der Waals surface area contributed by atoms with Gasteiger partial charge in [-0.25, -0.2) is 4.79 Å². The zero-order valence-electron chi connectivity index (χ0n) is 12.3. The van der Waals surface area contributed by atoms with E-state index in [-0.39, 0.29) is 18.2 Å². The van der Waals surface area contributed by atoms with Gasteiger partial charge in [-0.2, -0.15) is 0 Å². The fourth-order valence-corrected chi connectivity index (χ4v) is 2.99. The number of primary amides is 1. The first-order valence-corrected chi connectivity index (χ1v) is 7.48. The van der Waals surface area contributed by atoms with Crippen LogP contribution in [0.25, 0.3) is 0 Å². The minimum absolute atomic E-state index is 0.0322. The quantitative estimate of drug-likeness (QED) is 0.805. The first-order chi connectivity index (χ1) is 9.49. The highest BCUT2D eigenvalue weighted by Crippen LogP contribution is 2.23. The summed E-state index contributed by atoms with van der Waals surface area (Å²) in [5.41, 5.74) is 5.21. The molecule has 2 fully saturated rings. The van der Waals surface area contributed by atoms with Crippen molar-refractivity contribution in [3.05, 3.63) is 0 Å². The highest BCUT2D eigenvalue weighted by molar-refractivity contribution is 5.79. The molecule has 0 bridgehead atoms. The molecule has 114 valence electrons. The lowest BCUT2D eigenvalue weighted by atomic mass is 9.92. The van der Waals surface area contributed by atoms with Gasteiger partial charge in [0.05, 0.1) is 6.10 Å². The van der Waals surface area contributed by atoms with E-state index < -0.39 is 12.0 Å². The normalized spacial score (nSPS) is 34.0. The van der Waals surface area contributed by atoms with E-state index in [9.17, 15) is 9.59 Å². The second kappa shape index (κ2) is 6.43. The number of urea groups is 1.